The van der Waals surface area contributed by atoms with Crippen molar-refractivity contribution in [3.8, 4) is 0 Å². The van der Waals surface area contributed by atoms with E-state index in [2.05, 4.69) is 10.2 Å². The zero-order valence-corrected chi connectivity index (χ0v) is 9.15. The molecule has 0 unspecified atom stereocenters. The summed E-state index contributed by atoms with van der Waals surface area (Å²) in [5.41, 5.74) is 0. The Morgan fingerprint density at radius 1 is 1.38 bits per heavy atom. The monoisotopic (exact) mass is 217 g/mol. The summed E-state index contributed by atoms with van der Waals surface area (Å²) >= 11 is 6.01. The lowest BCUT2D eigenvalue weighted by Crippen LogP contribution is -2.36. The number of amides is 2. The molecule has 0 saturated heterocycles. The van der Waals surface area contributed by atoms with Crippen LogP contribution in [0.25, 0.3) is 0 Å². The lowest BCUT2D eigenvalue weighted by atomic mass is 10.7. The quantitative estimate of drug-likeness (QED) is 0.664. The molecular weight excluding hydrogens is 208 g/mol. The van der Waals surface area contributed by atoms with Crippen molar-refractivity contribution in [1.82, 2.24) is 15.1 Å². The zero-order valence-electron chi connectivity index (χ0n) is 7.51. The van der Waals surface area contributed by atoms with Crippen LogP contribution in [0.4, 0.5) is 9.93 Å². The number of urea groups is 1. The van der Waals surface area contributed by atoms with Gasteiger partial charge in [0.1, 0.15) is 0 Å². The molecule has 2 amide bonds. The highest BCUT2D eigenvalue weighted by Gasteiger charge is 2.16. The first-order valence-corrected chi connectivity index (χ1v) is 4.70. The lowest BCUT2D eigenvalue weighted by Gasteiger charge is -2.18. The fourth-order valence-electron chi connectivity index (χ4n) is 0.720. The summed E-state index contributed by atoms with van der Waals surface area (Å²) in [6, 6.07) is -0.147. The molecule has 0 saturated carbocycles. The van der Waals surface area contributed by atoms with Gasteiger partial charge in [0.15, 0.2) is 0 Å². The average Bonchev–Trinajstić information content (AvgIpc) is 2.49. The molecule has 1 heterocycles. The van der Waals surface area contributed by atoms with Crippen molar-refractivity contribution in [3.05, 3.63) is 0 Å². The van der Waals surface area contributed by atoms with Crippen LogP contribution in [-0.4, -0.2) is 42.3 Å². The van der Waals surface area contributed by atoms with Crippen LogP contribution in [0.3, 0.4) is 0 Å². The average molecular weight is 217 g/mol. The van der Waals surface area contributed by atoms with Gasteiger partial charge in [0.05, 0.1) is 0 Å². The maximum absolute atomic E-state index is 11.4. The summed E-state index contributed by atoms with van der Waals surface area (Å²) in [6.07, 6.45) is 0. The molecule has 5 nitrogen and oxygen atoms in total. The molecule has 0 aliphatic heterocycles. The normalized spacial score (nSPS) is 9.77. The van der Waals surface area contributed by atoms with Gasteiger partial charge in [0.25, 0.3) is 0 Å². The maximum atomic E-state index is 11.4. The third-order valence-electron chi connectivity index (χ3n) is 1.35. The largest absolute Gasteiger partial charge is 0.330 e. The molecule has 13 heavy (non-hydrogen) atoms. The standard InChI is InChI=1S/C6H9N4OS2/c1-9(2)6(11)10(3)4-7-8-5(12)13-4/h1-3H3. The van der Waals surface area contributed by atoms with Crippen molar-refractivity contribution in [2.75, 3.05) is 26.0 Å². The summed E-state index contributed by atoms with van der Waals surface area (Å²) in [6.45, 7) is 0. The second kappa shape index (κ2) is 3.84. The molecule has 0 fully saturated rings. The third-order valence-corrected chi connectivity index (χ3v) is 2.48. The molecule has 1 aromatic heterocycles. The van der Waals surface area contributed by atoms with E-state index < -0.39 is 0 Å². The smallest absolute Gasteiger partial charge is 0.325 e. The Hall–Kier alpha value is -0.950. The molecule has 0 spiro atoms. The maximum Gasteiger partial charge on any atom is 0.325 e. The minimum atomic E-state index is -0.147. The summed E-state index contributed by atoms with van der Waals surface area (Å²) in [5, 5.41) is 7.93. The summed E-state index contributed by atoms with van der Waals surface area (Å²) in [7, 11) is 4.99. The number of nitrogens with zero attached hydrogens (tertiary/aromatic N) is 4. The first-order valence-electron chi connectivity index (χ1n) is 3.48. The van der Waals surface area contributed by atoms with Crippen molar-refractivity contribution >= 4 is 35.1 Å². The Kier molecular flexibility index (Phi) is 2.99. The number of hydrogen-bond donors (Lipinski definition) is 0. The first-order chi connectivity index (χ1) is 6.02. The van der Waals surface area contributed by atoms with E-state index in [4.69, 9.17) is 12.6 Å². The van der Waals surface area contributed by atoms with Crippen LogP contribution in [0.15, 0.2) is 4.34 Å². The number of aromatic nitrogens is 2. The van der Waals surface area contributed by atoms with Gasteiger partial charge in [-0.3, -0.25) is 4.90 Å². The Balaban J connectivity index is 2.79. The highest BCUT2D eigenvalue weighted by molar-refractivity contribution is 7.82. The molecule has 0 aromatic carbocycles. The molecule has 0 bridgehead atoms. The molecule has 71 valence electrons. The van der Waals surface area contributed by atoms with Crippen LogP contribution in [0, 0.1) is 0 Å². The molecular formula is C6H9N4OS2. The first kappa shape index (κ1) is 10.1. The third kappa shape index (κ3) is 2.25. The molecule has 0 aliphatic carbocycles. The highest BCUT2D eigenvalue weighted by Crippen LogP contribution is 2.21. The second-order valence-corrected chi connectivity index (χ2v) is 4.19. The molecule has 1 rings (SSSR count). The number of rotatable bonds is 1. The molecule has 7 heteroatoms. The van der Waals surface area contributed by atoms with Gasteiger partial charge < -0.3 is 4.90 Å². The summed E-state index contributed by atoms with van der Waals surface area (Å²) in [4.78, 5) is 14.3. The van der Waals surface area contributed by atoms with Crippen LogP contribution in [0.1, 0.15) is 0 Å². The van der Waals surface area contributed by atoms with Crippen LogP contribution in [-0.2, 0) is 0 Å². The van der Waals surface area contributed by atoms with Gasteiger partial charge >= 0.3 is 6.03 Å². The van der Waals surface area contributed by atoms with E-state index in [1.807, 2.05) is 0 Å². The molecule has 0 aliphatic rings. The number of hydrogen-bond acceptors (Lipinski definition) is 4. The Bertz CT molecular complexity index is 311. The van der Waals surface area contributed by atoms with Gasteiger partial charge in [-0.1, -0.05) is 11.3 Å². The van der Waals surface area contributed by atoms with E-state index in [1.165, 1.54) is 21.1 Å². The van der Waals surface area contributed by atoms with Gasteiger partial charge in [-0.25, -0.2) is 4.79 Å². The van der Waals surface area contributed by atoms with Gasteiger partial charge in [0, 0.05) is 21.1 Å². The Morgan fingerprint density at radius 3 is 2.38 bits per heavy atom. The van der Waals surface area contributed by atoms with E-state index in [9.17, 15) is 4.79 Å². The lowest BCUT2D eigenvalue weighted by molar-refractivity contribution is 0.225. The minimum absolute atomic E-state index is 0.147. The van der Waals surface area contributed by atoms with E-state index in [0.717, 1.165) is 0 Å². The van der Waals surface area contributed by atoms with Crippen LogP contribution >= 0.6 is 24.0 Å². The zero-order chi connectivity index (χ0) is 10.0. The minimum Gasteiger partial charge on any atom is -0.330 e. The van der Waals surface area contributed by atoms with Gasteiger partial charge in [0.2, 0.25) is 9.47 Å². The molecule has 1 radical (unpaired) electrons. The highest BCUT2D eigenvalue weighted by atomic mass is 32.2. The van der Waals surface area contributed by atoms with E-state index >= 15 is 0 Å². The van der Waals surface area contributed by atoms with Crippen molar-refractivity contribution in [2.45, 2.75) is 4.34 Å². The van der Waals surface area contributed by atoms with Gasteiger partial charge in [-0.15, -0.1) is 10.2 Å². The Morgan fingerprint density at radius 2 is 2.00 bits per heavy atom. The number of carbonyl (C=O) groups is 1. The van der Waals surface area contributed by atoms with Crippen molar-refractivity contribution in [3.63, 3.8) is 0 Å². The van der Waals surface area contributed by atoms with Gasteiger partial charge in [-0.2, -0.15) is 0 Å². The van der Waals surface area contributed by atoms with Crippen LogP contribution in [0.2, 0.25) is 0 Å². The van der Waals surface area contributed by atoms with E-state index in [-0.39, 0.29) is 6.03 Å². The fourth-order valence-corrected chi connectivity index (χ4v) is 1.52. The molecule has 0 N–H and O–H groups in total. The fraction of sp³-hybridized carbons (Fsp3) is 0.500. The topological polar surface area (TPSA) is 49.3 Å². The predicted octanol–water partition coefficient (Wildman–Crippen LogP) is 1.21. The summed E-state index contributed by atoms with van der Waals surface area (Å²) in [5.74, 6) is 0. The number of anilines is 1. The van der Waals surface area contributed by atoms with Crippen LogP contribution < -0.4 is 4.90 Å². The van der Waals surface area contributed by atoms with E-state index in [0.29, 0.717) is 9.47 Å². The predicted molar refractivity (Wildman–Crippen MR) is 53.3 cm³/mol. The Labute approximate surface area is 85.8 Å². The van der Waals surface area contributed by atoms with Crippen molar-refractivity contribution in [2.24, 2.45) is 0 Å². The molecule has 1 aromatic rings. The SMILES string of the molecule is CN(C)C(=O)N(C)c1nnc([S])s1. The molecule has 0 atom stereocenters. The van der Waals surface area contributed by atoms with E-state index in [1.54, 1.807) is 21.1 Å². The number of carbonyl (C=O) groups excluding carboxylic acids is 1. The summed E-state index contributed by atoms with van der Waals surface area (Å²) < 4.78 is 0.438. The van der Waals surface area contributed by atoms with Crippen molar-refractivity contribution < 1.29 is 4.79 Å². The van der Waals surface area contributed by atoms with Crippen molar-refractivity contribution in [1.29, 1.82) is 0 Å². The van der Waals surface area contributed by atoms with Crippen LogP contribution in [0.5, 0.6) is 0 Å². The second-order valence-electron chi connectivity index (χ2n) is 2.59. The van der Waals surface area contributed by atoms with Gasteiger partial charge in [-0.05, 0) is 12.6 Å².